The summed E-state index contributed by atoms with van der Waals surface area (Å²) in [5.74, 6) is 0. The van der Waals surface area contributed by atoms with Crippen LogP contribution >= 0.6 is 27.3 Å². The molecule has 0 aliphatic rings. The zero-order chi connectivity index (χ0) is 9.84. The van der Waals surface area contributed by atoms with Gasteiger partial charge in [0.1, 0.15) is 0 Å². The van der Waals surface area contributed by atoms with Crippen molar-refractivity contribution in [2.45, 2.75) is 6.92 Å². The zero-order valence-electron chi connectivity index (χ0n) is 6.87. The maximum absolute atomic E-state index is 10.3. The van der Waals surface area contributed by atoms with Gasteiger partial charge in [-0.2, -0.15) is 5.10 Å². The number of halogens is 1. The molecule has 0 aliphatic heterocycles. The molecule has 70 valence electrons. The number of hydrazone groups is 1. The molecular weight excluding hydrogens is 254 g/mol. The average molecular weight is 262 g/mol. The fourth-order valence-corrected chi connectivity index (χ4v) is 2.14. The lowest BCUT2D eigenvalue weighted by molar-refractivity contribution is 0.249. The lowest BCUT2D eigenvalue weighted by Crippen LogP contribution is -2.24. The first kappa shape index (κ1) is 10.2. The van der Waals surface area contributed by atoms with Crippen molar-refractivity contribution in [1.82, 2.24) is 5.43 Å². The molecule has 0 unspecified atom stereocenters. The third-order valence-electron chi connectivity index (χ3n) is 1.24. The second-order valence-electron chi connectivity index (χ2n) is 2.29. The summed E-state index contributed by atoms with van der Waals surface area (Å²) < 4.78 is 1.04. The summed E-state index contributed by atoms with van der Waals surface area (Å²) in [4.78, 5) is 12.4. The Hall–Kier alpha value is -0.880. The predicted octanol–water partition coefficient (Wildman–Crippen LogP) is 1.82. The molecule has 0 fully saturated rings. The van der Waals surface area contributed by atoms with Crippen LogP contribution in [-0.2, 0) is 0 Å². The number of rotatable bonds is 2. The van der Waals surface area contributed by atoms with Crippen molar-refractivity contribution < 1.29 is 4.79 Å². The summed E-state index contributed by atoms with van der Waals surface area (Å²) in [6.07, 6.45) is 1.55. The number of carbonyl (C=O) groups is 1. The van der Waals surface area contributed by atoms with Gasteiger partial charge in [0.15, 0.2) is 0 Å². The Balaban J connectivity index is 2.64. The minimum Gasteiger partial charge on any atom is -0.350 e. The van der Waals surface area contributed by atoms with E-state index in [1.54, 1.807) is 17.6 Å². The minimum absolute atomic E-state index is 0.663. The highest BCUT2D eigenvalue weighted by molar-refractivity contribution is 9.10. The van der Waals surface area contributed by atoms with E-state index < -0.39 is 6.03 Å². The molecule has 0 atom stereocenters. The second-order valence-corrected chi connectivity index (χ2v) is 4.43. The molecular formula is C7H8BrN3OS. The number of nitrogens with one attached hydrogen (secondary N) is 1. The average Bonchev–Trinajstić information content (AvgIpc) is 2.30. The van der Waals surface area contributed by atoms with E-state index in [1.807, 2.05) is 13.0 Å². The van der Waals surface area contributed by atoms with Crippen molar-refractivity contribution in [3.05, 3.63) is 20.3 Å². The van der Waals surface area contributed by atoms with Gasteiger partial charge in [0.05, 0.1) is 6.21 Å². The molecule has 1 heterocycles. The van der Waals surface area contributed by atoms with Gasteiger partial charge in [0, 0.05) is 14.2 Å². The van der Waals surface area contributed by atoms with Gasteiger partial charge in [-0.05, 0) is 28.9 Å². The van der Waals surface area contributed by atoms with Crippen molar-refractivity contribution in [3.63, 3.8) is 0 Å². The highest BCUT2D eigenvalue weighted by Gasteiger charge is 1.99. The summed E-state index contributed by atoms with van der Waals surface area (Å²) in [5.41, 5.74) is 6.94. The second kappa shape index (κ2) is 4.38. The number of primary amides is 1. The van der Waals surface area contributed by atoms with E-state index in [-0.39, 0.29) is 0 Å². The van der Waals surface area contributed by atoms with Crippen LogP contribution in [0.15, 0.2) is 15.6 Å². The normalized spacial score (nSPS) is 10.6. The van der Waals surface area contributed by atoms with E-state index in [9.17, 15) is 4.79 Å². The van der Waals surface area contributed by atoms with Crippen LogP contribution in [-0.4, -0.2) is 12.2 Å². The Morgan fingerprint density at radius 1 is 1.85 bits per heavy atom. The summed E-state index contributed by atoms with van der Waals surface area (Å²) in [6.45, 7) is 1.99. The molecule has 0 spiro atoms. The molecule has 4 nitrogen and oxygen atoms in total. The van der Waals surface area contributed by atoms with E-state index >= 15 is 0 Å². The molecule has 0 aromatic carbocycles. The molecule has 13 heavy (non-hydrogen) atoms. The fourth-order valence-electron chi connectivity index (χ4n) is 0.705. The number of nitrogens with zero attached hydrogens (tertiary/aromatic N) is 1. The molecule has 3 N–H and O–H groups in total. The zero-order valence-corrected chi connectivity index (χ0v) is 9.28. The van der Waals surface area contributed by atoms with Crippen LogP contribution in [0.5, 0.6) is 0 Å². The van der Waals surface area contributed by atoms with Crippen molar-refractivity contribution in [2.24, 2.45) is 10.8 Å². The lowest BCUT2D eigenvalue weighted by Gasteiger charge is -1.88. The molecule has 6 heteroatoms. The Labute approximate surface area is 88.0 Å². The van der Waals surface area contributed by atoms with Crippen molar-refractivity contribution >= 4 is 39.5 Å². The number of aryl methyl sites for hydroxylation is 1. The van der Waals surface area contributed by atoms with Gasteiger partial charge in [-0.3, -0.25) is 0 Å². The Morgan fingerprint density at radius 2 is 2.54 bits per heavy atom. The highest BCUT2D eigenvalue weighted by atomic mass is 79.9. The van der Waals surface area contributed by atoms with E-state index in [2.05, 4.69) is 26.5 Å². The molecule has 0 aliphatic carbocycles. The summed E-state index contributed by atoms with van der Waals surface area (Å²) in [7, 11) is 0. The number of hydrogen-bond donors (Lipinski definition) is 2. The van der Waals surface area contributed by atoms with Crippen LogP contribution in [0, 0.1) is 6.92 Å². The Morgan fingerprint density at radius 3 is 3.00 bits per heavy atom. The monoisotopic (exact) mass is 261 g/mol. The topological polar surface area (TPSA) is 67.5 Å². The minimum atomic E-state index is -0.663. The molecule has 0 saturated heterocycles. The molecule has 1 rings (SSSR count). The van der Waals surface area contributed by atoms with Gasteiger partial charge in [-0.25, -0.2) is 10.2 Å². The molecule has 0 radical (unpaired) electrons. The number of nitrogens with two attached hydrogens (primary N) is 1. The fraction of sp³-hybridized carbons (Fsp3) is 0.143. The van der Waals surface area contributed by atoms with Crippen LogP contribution in [0.25, 0.3) is 0 Å². The number of thiophene rings is 1. The van der Waals surface area contributed by atoms with Crippen molar-refractivity contribution in [3.8, 4) is 0 Å². The van der Waals surface area contributed by atoms with Gasteiger partial charge >= 0.3 is 6.03 Å². The van der Waals surface area contributed by atoms with Crippen LogP contribution < -0.4 is 11.2 Å². The number of amides is 2. The number of carbonyl (C=O) groups excluding carboxylic acids is 1. The Kier molecular flexibility index (Phi) is 3.44. The number of urea groups is 1. The SMILES string of the molecule is Cc1sc(/C=N\NC(N)=O)cc1Br. The van der Waals surface area contributed by atoms with Gasteiger partial charge in [-0.15, -0.1) is 11.3 Å². The summed E-state index contributed by atoms with van der Waals surface area (Å²) >= 11 is 4.95. The maximum Gasteiger partial charge on any atom is 0.332 e. The first-order chi connectivity index (χ1) is 6.09. The van der Waals surface area contributed by atoms with Crippen LogP contribution in [0.2, 0.25) is 0 Å². The molecule has 1 aromatic rings. The first-order valence-electron chi connectivity index (χ1n) is 3.44. The Bertz CT molecular complexity index is 328. The third-order valence-corrected chi connectivity index (χ3v) is 3.31. The molecule has 1 aromatic heterocycles. The van der Waals surface area contributed by atoms with Crippen molar-refractivity contribution in [1.29, 1.82) is 0 Å². The van der Waals surface area contributed by atoms with Gasteiger partial charge in [-0.1, -0.05) is 0 Å². The largest absolute Gasteiger partial charge is 0.350 e. The van der Waals surface area contributed by atoms with Crippen LogP contribution in [0.3, 0.4) is 0 Å². The smallest absolute Gasteiger partial charge is 0.332 e. The maximum atomic E-state index is 10.3. The van der Waals surface area contributed by atoms with E-state index in [4.69, 9.17) is 5.73 Å². The predicted molar refractivity (Wildman–Crippen MR) is 57.1 cm³/mol. The standard InChI is InChI=1S/C7H8BrN3OS/c1-4-6(8)2-5(13-4)3-10-11-7(9)12/h2-3H,1H3,(H3,9,11,12)/b10-3-. The molecule has 0 saturated carbocycles. The van der Waals surface area contributed by atoms with Gasteiger partial charge in [0.25, 0.3) is 0 Å². The highest BCUT2D eigenvalue weighted by Crippen LogP contribution is 2.24. The quantitative estimate of drug-likeness (QED) is 0.619. The van der Waals surface area contributed by atoms with Crippen LogP contribution in [0.4, 0.5) is 4.79 Å². The summed E-state index contributed by atoms with van der Waals surface area (Å²) in [6, 6.07) is 1.26. The van der Waals surface area contributed by atoms with Gasteiger partial charge < -0.3 is 5.73 Å². The molecule has 0 bridgehead atoms. The van der Waals surface area contributed by atoms with E-state index in [0.717, 1.165) is 9.35 Å². The lowest BCUT2D eigenvalue weighted by atomic mass is 10.4. The number of hydrogen-bond acceptors (Lipinski definition) is 3. The summed E-state index contributed by atoms with van der Waals surface area (Å²) in [5, 5.41) is 3.64. The van der Waals surface area contributed by atoms with E-state index in [0.29, 0.717) is 0 Å². The van der Waals surface area contributed by atoms with Crippen molar-refractivity contribution in [2.75, 3.05) is 0 Å². The van der Waals surface area contributed by atoms with Crippen LogP contribution in [0.1, 0.15) is 9.75 Å². The third kappa shape index (κ3) is 3.16. The molecule has 2 amide bonds. The van der Waals surface area contributed by atoms with Gasteiger partial charge in [0.2, 0.25) is 0 Å². The van der Waals surface area contributed by atoms with E-state index in [1.165, 1.54) is 4.88 Å². The first-order valence-corrected chi connectivity index (χ1v) is 5.05.